The fourth-order valence-electron chi connectivity index (χ4n) is 7.96. The first-order valence-electron chi connectivity index (χ1n) is 13.7. The largest absolute Gasteiger partial charge is 0.477 e. The molecule has 3 heterocycles. The Bertz CT molecular complexity index is 1270. The average molecular weight is 525 g/mol. The van der Waals surface area contributed by atoms with Crippen LogP contribution in [0.1, 0.15) is 62.7 Å². The van der Waals surface area contributed by atoms with Crippen LogP contribution in [0.3, 0.4) is 0 Å². The minimum atomic E-state index is -1.24. The monoisotopic (exact) mass is 524 g/mol. The first-order chi connectivity index (χ1) is 17.8. The number of thiocarbonyl (C=S) groups is 1. The molecule has 4 saturated carbocycles. The Morgan fingerprint density at radius 1 is 1.16 bits per heavy atom. The second-order valence-electron chi connectivity index (χ2n) is 11.8. The number of piperazine rings is 1. The fourth-order valence-corrected chi connectivity index (χ4v) is 8.32. The van der Waals surface area contributed by atoms with Gasteiger partial charge in [0.2, 0.25) is 11.4 Å². The van der Waals surface area contributed by atoms with Crippen LogP contribution in [0.15, 0.2) is 17.2 Å². The first kappa shape index (κ1) is 24.6. The summed E-state index contributed by atoms with van der Waals surface area (Å²) in [6, 6.07) is 0.400. The van der Waals surface area contributed by atoms with Crippen LogP contribution in [-0.2, 0) is 6.54 Å². The van der Waals surface area contributed by atoms with Crippen LogP contribution >= 0.6 is 12.2 Å². The van der Waals surface area contributed by atoms with Gasteiger partial charge in [0.05, 0.1) is 5.39 Å². The van der Waals surface area contributed by atoms with Crippen molar-refractivity contribution in [2.45, 2.75) is 65.0 Å². The summed E-state index contributed by atoms with van der Waals surface area (Å²) in [5.74, 6) is 2.09. The summed E-state index contributed by atoms with van der Waals surface area (Å²) in [6.07, 6.45) is 11.3. The highest BCUT2D eigenvalue weighted by Gasteiger charge is 2.53. The van der Waals surface area contributed by atoms with Crippen molar-refractivity contribution in [1.29, 1.82) is 0 Å². The molecular formula is C27H36N6O3S. The average Bonchev–Trinajstić information content (AvgIpc) is 2.88. The maximum absolute atomic E-state index is 12.6. The van der Waals surface area contributed by atoms with Crippen molar-refractivity contribution in [1.82, 2.24) is 24.8 Å². The normalized spacial score (nSPS) is 29.5. The molecule has 7 rings (SSSR count). The van der Waals surface area contributed by atoms with E-state index in [9.17, 15) is 14.7 Å². The molecule has 4 bridgehead atoms. The maximum Gasteiger partial charge on any atom is 0.341 e. The van der Waals surface area contributed by atoms with Gasteiger partial charge in [-0.2, -0.15) is 4.98 Å². The van der Waals surface area contributed by atoms with Gasteiger partial charge in [-0.05, 0) is 87.8 Å². The van der Waals surface area contributed by atoms with Crippen molar-refractivity contribution in [2.75, 3.05) is 31.1 Å². The smallest absolute Gasteiger partial charge is 0.341 e. The van der Waals surface area contributed by atoms with Crippen molar-refractivity contribution < 1.29 is 9.90 Å². The molecule has 4 aliphatic carbocycles. The number of rotatable bonds is 5. The standard InChI is InChI=1S/C27H36N6O3S/c1-3-31-15-21(24(35)36)22(34)20-14-28-25(30-23(20)31)32-4-6-33(7-5-32)26(37)29-16(2)27-11-17-8-18(12-27)10-19(9-17)13-27/h14-19H,3-13H2,1-2H3,(H,29,37)(H,35,36)/t16-,17?,18?,19?,27?/m0/s1. The highest BCUT2D eigenvalue weighted by molar-refractivity contribution is 7.80. The first-order valence-corrected chi connectivity index (χ1v) is 14.1. The predicted octanol–water partition coefficient (Wildman–Crippen LogP) is 3.11. The number of pyridine rings is 1. The summed E-state index contributed by atoms with van der Waals surface area (Å²) in [7, 11) is 0. The van der Waals surface area contributed by atoms with Gasteiger partial charge in [-0.15, -0.1) is 0 Å². The van der Waals surface area contributed by atoms with E-state index >= 15 is 0 Å². The number of anilines is 1. The number of hydrogen-bond acceptors (Lipinski definition) is 6. The van der Waals surface area contributed by atoms with Crippen molar-refractivity contribution in [2.24, 2.45) is 23.2 Å². The molecule has 1 saturated heterocycles. The summed E-state index contributed by atoms with van der Waals surface area (Å²) in [5, 5.41) is 14.2. The summed E-state index contributed by atoms with van der Waals surface area (Å²) in [4.78, 5) is 37.6. The summed E-state index contributed by atoms with van der Waals surface area (Å²) >= 11 is 5.88. The number of nitrogens with zero attached hydrogens (tertiary/aromatic N) is 5. The third-order valence-corrected chi connectivity index (χ3v) is 9.94. The van der Waals surface area contributed by atoms with Crippen LogP contribution < -0.4 is 15.6 Å². The number of hydrogen-bond donors (Lipinski definition) is 2. The molecule has 1 aliphatic heterocycles. The molecule has 0 unspecified atom stereocenters. The summed E-state index contributed by atoms with van der Waals surface area (Å²) < 4.78 is 1.70. The second-order valence-corrected chi connectivity index (χ2v) is 12.2. The van der Waals surface area contributed by atoms with Gasteiger partial charge < -0.3 is 24.8 Å². The number of fused-ring (bicyclic) bond motifs is 1. The number of carbonyl (C=O) groups is 1. The van der Waals surface area contributed by atoms with Gasteiger partial charge in [0.15, 0.2) is 5.11 Å². The molecule has 0 spiro atoms. The third kappa shape index (κ3) is 4.27. The van der Waals surface area contributed by atoms with Crippen LogP contribution in [0.4, 0.5) is 5.95 Å². The maximum atomic E-state index is 12.6. The second kappa shape index (κ2) is 9.22. The van der Waals surface area contributed by atoms with Gasteiger partial charge in [-0.3, -0.25) is 4.79 Å². The van der Waals surface area contributed by atoms with Gasteiger partial charge in [-0.1, -0.05) is 0 Å². The highest BCUT2D eigenvalue weighted by Crippen LogP contribution is 2.61. The predicted molar refractivity (Wildman–Crippen MR) is 146 cm³/mol. The van der Waals surface area contributed by atoms with E-state index in [4.69, 9.17) is 12.2 Å². The number of aromatic nitrogens is 3. The molecule has 5 fully saturated rings. The number of carboxylic acids is 1. The number of carboxylic acid groups (broad SMARTS) is 1. The van der Waals surface area contributed by atoms with E-state index in [0.717, 1.165) is 49.0 Å². The molecule has 2 N–H and O–H groups in total. The highest BCUT2D eigenvalue weighted by atomic mass is 32.1. The Morgan fingerprint density at radius 2 is 1.78 bits per heavy atom. The molecule has 10 heteroatoms. The molecule has 0 radical (unpaired) electrons. The zero-order chi connectivity index (χ0) is 25.9. The van der Waals surface area contributed by atoms with Crippen molar-refractivity contribution >= 4 is 40.3 Å². The third-order valence-electron chi connectivity index (χ3n) is 9.57. The fraction of sp³-hybridized carbons (Fsp3) is 0.667. The van der Waals surface area contributed by atoms with Gasteiger partial charge >= 0.3 is 5.97 Å². The van der Waals surface area contributed by atoms with E-state index in [-0.39, 0.29) is 10.9 Å². The molecule has 2 aromatic heterocycles. The van der Waals surface area contributed by atoms with E-state index in [1.54, 1.807) is 4.57 Å². The number of nitrogens with one attached hydrogen (secondary N) is 1. The minimum absolute atomic E-state index is 0.230. The van der Waals surface area contributed by atoms with Crippen LogP contribution in [0.2, 0.25) is 0 Å². The van der Waals surface area contributed by atoms with Crippen molar-refractivity contribution in [3.63, 3.8) is 0 Å². The van der Waals surface area contributed by atoms with Crippen LogP contribution in [0.25, 0.3) is 11.0 Å². The van der Waals surface area contributed by atoms with E-state index in [1.807, 2.05) is 6.92 Å². The SMILES string of the molecule is CCn1cc(C(=O)O)c(=O)c2cnc(N3CCN(C(=S)N[C@@H](C)C45CC6CC(CC(C6)C4)C5)CC3)nc21. The van der Waals surface area contributed by atoms with E-state index in [0.29, 0.717) is 29.6 Å². The quantitative estimate of drug-likeness (QED) is 0.571. The lowest BCUT2D eigenvalue weighted by Gasteiger charge is -2.59. The lowest BCUT2D eigenvalue weighted by atomic mass is 9.48. The molecule has 37 heavy (non-hydrogen) atoms. The Morgan fingerprint density at radius 3 is 2.35 bits per heavy atom. The molecule has 1 atom stereocenters. The zero-order valence-electron chi connectivity index (χ0n) is 21.7. The summed E-state index contributed by atoms with van der Waals surface area (Å²) in [5.41, 5.74) is 0.0672. The topological polar surface area (TPSA) is 104 Å². The zero-order valence-corrected chi connectivity index (χ0v) is 22.5. The van der Waals surface area contributed by atoms with Gasteiger partial charge in [0.1, 0.15) is 11.2 Å². The minimum Gasteiger partial charge on any atom is -0.477 e. The van der Waals surface area contributed by atoms with E-state index in [2.05, 4.69) is 32.0 Å². The van der Waals surface area contributed by atoms with Gasteiger partial charge in [-0.25, -0.2) is 9.78 Å². The number of aromatic carboxylic acids is 1. The Kier molecular flexibility index (Phi) is 6.12. The lowest BCUT2D eigenvalue weighted by molar-refractivity contribution is -0.0675. The van der Waals surface area contributed by atoms with Gasteiger partial charge in [0.25, 0.3) is 0 Å². The Hall–Kier alpha value is -2.75. The Balaban J connectivity index is 1.12. The molecule has 0 amide bonds. The van der Waals surface area contributed by atoms with E-state index < -0.39 is 11.4 Å². The van der Waals surface area contributed by atoms with Crippen LogP contribution in [-0.4, -0.2) is 67.8 Å². The summed E-state index contributed by atoms with van der Waals surface area (Å²) in [6.45, 7) is 7.75. The van der Waals surface area contributed by atoms with Gasteiger partial charge in [0, 0.05) is 51.2 Å². The van der Waals surface area contributed by atoms with E-state index in [1.165, 1.54) is 50.9 Å². The van der Waals surface area contributed by atoms with Crippen molar-refractivity contribution in [3.8, 4) is 0 Å². The van der Waals surface area contributed by atoms with Crippen LogP contribution in [0.5, 0.6) is 0 Å². The molecular weight excluding hydrogens is 488 g/mol. The molecule has 0 aromatic carbocycles. The Labute approximate surface area is 222 Å². The van der Waals surface area contributed by atoms with Crippen molar-refractivity contribution in [3.05, 3.63) is 28.2 Å². The molecule has 5 aliphatic rings. The molecule has 2 aromatic rings. The molecule has 198 valence electrons. The van der Waals surface area contributed by atoms with Crippen LogP contribution in [0, 0.1) is 23.2 Å². The number of aryl methyl sites for hydroxylation is 1. The molecule has 9 nitrogen and oxygen atoms in total. The lowest BCUT2D eigenvalue weighted by Crippen LogP contribution is -2.59.